The van der Waals surface area contributed by atoms with Crippen molar-refractivity contribution in [2.75, 3.05) is 27.4 Å². The molecule has 0 aromatic heterocycles. The van der Waals surface area contributed by atoms with Crippen molar-refractivity contribution in [3.8, 4) is 23.0 Å². The van der Waals surface area contributed by atoms with Gasteiger partial charge in [-0.05, 0) is 67.8 Å². The first-order valence-electron chi connectivity index (χ1n) is 14.2. The second kappa shape index (κ2) is 15.3. The second-order valence-corrected chi connectivity index (χ2v) is 9.97. The van der Waals surface area contributed by atoms with Crippen molar-refractivity contribution in [3.63, 3.8) is 0 Å². The Bertz CT molecular complexity index is 1620. The zero-order valence-electron chi connectivity index (χ0n) is 25.8. The zero-order chi connectivity index (χ0) is 32.3. The number of carbonyl (C=O) groups excluding carboxylic acids is 3. The minimum Gasteiger partial charge on any atom is -0.493 e. The molecule has 3 aromatic rings. The molecule has 1 aliphatic rings. The van der Waals surface area contributed by atoms with Crippen LogP contribution < -0.4 is 35.0 Å². The monoisotopic (exact) mass is 616 g/mol. The number of methoxy groups -OCH3 is 2. The Morgan fingerprint density at radius 2 is 1.67 bits per heavy atom. The van der Waals surface area contributed by atoms with Crippen LogP contribution in [0.2, 0.25) is 0 Å². The van der Waals surface area contributed by atoms with Crippen molar-refractivity contribution < 1.29 is 38.1 Å². The van der Waals surface area contributed by atoms with Crippen LogP contribution in [0, 0.1) is 6.92 Å². The van der Waals surface area contributed by atoms with Gasteiger partial charge < -0.3 is 34.3 Å². The lowest BCUT2D eigenvalue weighted by Crippen LogP contribution is -2.45. The third kappa shape index (κ3) is 8.53. The van der Waals surface area contributed by atoms with Crippen LogP contribution in [0.25, 0.3) is 0 Å². The van der Waals surface area contributed by atoms with Crippen molar-refractivity contribution in [1.29, 1.82) is 0 Å². The SMILES string of the molecule is CCOC(=O)C1=C(C)NC(=O)N[C@@H]1c1ccc(OCC(=O)N/N=C\c2ccc(OCc3cccc(C)c3)c(OC)c2)c(OC)c1. The standard InChI is InChI=1S/C33H36N4O8/c1-6-43-32(39)30-21(3)35-33(40)36-31(30)24-11-13-26(28(16-24)42-5)45-19-29(38)37-34-17-22-10-12-25(27(15-22)41-4)44-18-23-9-7-8-20(2)14-23/h7-17,31H,6,18-19H2,1-5H3,(H,37,38)(H2,35,36,40)/b34-17-/t31-/m1/s1. The summed E-state index contributed by atoms with van der Waals surface area (Å²) >= 11 is 0. The summed E-state index contributed by atoms with van der Waals surface area (Å²) in [7, 11) is 2.99. The molecule has 0 spiro atoms. The summed E-state index contributed by atoms with van der Waals surface area (Å²) in [5, 5.41) is 9.34. The second-order valence-electron chi connectivity index (χ2n) is 9.97. The summed E-state index contributed by atoms with van der Waals surface area (Å²) in [6.07, 6.45) is 1.48. The molecule has 0 radical (unpaired) electrons. The molecule has 12 heteroatoms. The van der Waals surface area contributed by atoms with Gasteiger partial charge in [0.05, 0.1) is 38.7 Å². The highest BCUT2D eigenvalue weighted by Crippen LogP contribution is 2.34. The van der Waals surface area contributed by atoms with Gasteiger partial charge in [0, 0.05) is 5.70 Å². The van der Waals surface area contributed by atoms with Crippen molar-refractivity contribution in [2.24, 2.45) is 5.10 Å². The summed E-state index contributed by atoms with van der Waals surface area (Å²) in [4.78, 5) is 37.2. The van der Waals surface area contributed by atoms with Gasteiger partial charge >= 0.3 is 12.0 Å². The van der Waals surface area contributed by atoms with Gasteiger partial charge in [-0.25, -0.2) is 15.0 Å². The molecular formula is C33H36N4O8. The fourth-order valence-electron chi connectivity index (χ4n) is 4.61. The van der Waals surface area contributed by atoms with E-state index in [-0.39, 0.29) is 24.5 Å². The molecule has 3 aromatic carbocycles. The number of carbonyl (C=O) groups is 3. The maximum absolute atomic E-state index is 12.6. The van der Waals surface area contributed by atoms with E-state index in [2.05, 4.69) is 27.2 Å². The fourth-order valence-corrected chi connectivity index (χ4v) is 4.61. The fraction of sp³-hybridized carbons (Fsp3) is 0.273. The molecule has 0 fully saturated rings. The molecule has 0 saturated carbocycles. The molecule has 0 unspecified atom stereocenters. The van der Waals surface area contributed by atoms with E-state index in [9.17, 15) is 14.4 Å². The molecule has 1 aliphatic heterocycles. The van der Waals surface area contributed by atoms with E-state index in [1.165, 1.54) is 13.3 Å². The first-order chi connectivity index (χ1) is 21.7. The quantitative estimate of drug-likeness (QED) is 0.146. The Hall–Kier alpha value is -5.52. The number of esters is 1. The van der Waals surface area contributed by atoms with Gasteiger partial charge in [-0.3, -0.25) is 4.79 Å². The highest BCUT2D eigenvalue weighted by molar-refractivity contribution is 5.95. The number of aryl methyl sites for hydroxylation is 1. The number of urea groups is 1. The molecule has 0 aliphatic carbocycles. The van der Waals surface area contributed by atoms with Gasteiger partial charge in [-0.1, -0.05) is 35.9 Å². The average molecular weight is 617 g/mol. The van der Waals surface area contributed by atoms with Gasteiger partial charge in [0.25, 0.3) is 5.91 Å². The Morgan fingerprint density at radius 3 is 2.40 bits per heavy atom. The van der Waals surface area contributed by atoms with Crippen LogP contribution in [0.3, 0.4) is 0 Å². The molecule has 1 heterocycles. The van der Waals surface area contributed by atoms with Crippen LogP contribution in [0.15, 0.2) is 77.0 Å². The van der Waals surface area contributed by atoms with Crippen LogP contribution in [-0.2, 0) is 20.9 Å². The minimum absolute atomic E-state index is 0.183. The number of nitrogens with one attached hydrogen (secondary N) is 3. The number of ether oxygens (including phenoxy) is 5. The smallest absolute Gasteiger partial charge is 0.338 e. The lowest BCUT2D eigenvalue weighted by Gasteiger charge is -2.28. The van der Waals surface area contributed by atoms with Crippen molar-refractivity contribution in [1.82, 2.24) is 16.1 Å². The van der Waals surface area contributed by atoms with Crippen LogP contribution in [0.4, 0.5) is 4.79 Å². The molecule has 45 heavy (non-hydrogen) atoms. The van der Waals surface area contributed by atoms with Crippen molar-refractivity contribution in [3.05, 3.63) is 94.2 Å². The van der Waals surface area contributed by atoms with Crippen LogP contribution in [-0.4, -0.2) is 51.6 Å². The van der Waals surface area contributed by atoms with E-state index in [4.69, 9.17) is 23.7 Å². The number of allylic oxidation sites excluding steroid dienone is 1. The predicted molar refractivity (Wildman–Crippen MR) is 166 cm³/mol. The first kappa shape index (κ1) is 32.4. The van der Waals surface area contributed by atoms with Crippen molar-refractivity contribution >= 4 is 24.1 Å². The van der Waals surface area contributed by atoms with Crippen LogP contribution in [0.5, 0.6) is 23.0 Å². The summed E-state index contributed by atoms with van der Waals surface area (Å²) in [5.41, 5.74) is 6.53. The Morgan fingerprint density at radius 1 is 0.933 bits per heavy atom. The highest BCUT2D eigenvalue weighted by Gasteiger charge is 2.32. The molecule has 0 bridgehead atoms. The van der Waals surface area contributed by atoms with E-state index in [0.29, 0.717) is 40.7 Å². The van der Waals surface area contributed by atoms with Gasteiger partial charge in [-0.15, -0.1) is 0 Å². The summed E-state index contributed by atoms with van der Waals surface area (Å²) in [5.74, 6) is 0.639. The molecule has 3 amide bonds. The Balaban J connectivity index is 1.35. The first-order valence-corrected chi connectivity index (χ1v) is 14.2. The highest BCUT2D eigenvalue weighted by atomic mass is 16.5. The normalized spacial score (nSPS) is 14.3. The van der Waals surface area contributed by atoms with E-state index in [1.54, 1.807) is 57.4 Å². The third-order valence-corrected chi connectivity index (χ3v) is 6.71. The molecular weight excluding hydrogens is 580 g/mol. The largest absolute Gasteiger partial charge is 0.493 e. The lowest BCUT2D eigenvalue weighted by atomic mass is 9.95. The predicted octanol–water partition coefficient (Wildman–Crippen LogP) is 4.31. The molecule has 236 valence electrons. The average Bonchev–Trinajstić information content (AvgIpc) is 3.02. The maximum Gasteiger partial charge on any atom is 0.338 e. The van der Waals surface area contributed by atoms with Crippen LogP contribution in [0.1, 0.15) is 42.1 Å². The summed E-state index contributed by atoms with van der Waals surface area (Å²) in [6.45, 7) is 5.59. The Kier molecular flexibility index (Phi) is 11.0. The van der Waals surface area contributed by atoms with E-state index >= 15 is 0 Å². The van der Waals surface area contributed by atoms with Crippen molar-refractivity contribution in [2.45, 2.75) is 33.4 Å². The zero-order valence-corrected chi connectivity index (χ0v) is 25.8. The van der Waals surface area contributed by atoms with E-state index in [0.717, 1.165) is 11.1 Å². The van der Waals surface area contributed by atoms with Gasteiger partial charge in [0.1, 0.15) is 6.61 Å². The number of hydrogen-bond acceptors (Lipinski definition) is 9. The van der Waals surface area contributed by atoms with Gasteiger partial charge in [0.2, 0.25) is 0 Å². The number of benzene rings is 3. The Labute approximate surface area is 261 Å². The number of hydrogen-bond donors (Lipinski definition) is 3. The molecule has 1 atom stereocenters. The van der Waals surface area contributed by atoms with Crippen LogP contribution >= 0.6 is 0 Å². The van der Waals surface area contributed by atoms with E-state index < -0.39 is 23.9 Å². The number of rotatable bonds is 13. The number of amides is 3. The molecule has 12 nitrogen and oxygen atoms in total. The lowest BCUT2D eigenvalue weighted by molar-refractivity contribution is -0.139. The maximum atomic E-state index is 12.6. The molecule has 4 rings (SSSR count). The van der Waals surface area contributed by atoms with E-state index in [1.807, 2.05) is 25.1 Å². The topological polar surface area (TPSA) is 146 Å². The minimum atomic E-state index is -0.772. The molecule has 3 N–H and O–H groups in total. The number of nitrogens with zero attached hydrogens (tertiary/aromatic N) is 1. The summed E-state index contributed by atoms with van der Waals surface area (Å²) in [6, 6.07) is 17.0. The summed E-state index contributed by atoms with van der Waals surface area (Å²) < 4.78 is 27.7. The molecule has 0 saturated heterocycles. The van der Waals surface area contributed by atoms with Gasteiger partial charge in [0.15, 0.2) is 29.6 Å². The third-order valence-electron chi connectivity index (χ3n) is 6.71. The van der Waals surface area contributed by atoms with Gasteiger partial charge in [-0.2, -0.15) is 5.10 Å². The number of hydrazone groups is 1.